The molecule has 1 atom stereocenters. The predicted molar refractivity (Wildman–Crippen MR) is 141 cm³/mol. The first kappa shape index (κ1) is 23.4. The van der Waals surface area contributed by atoms with Crippen LogP contribution in [0.3, 0.4) is 0 Å². The monoisotopic (exact) mass is 482 g/mol. The number of aromatic nitrogens is 5. The van der Waals surface area contributed by atoms with Crippen molar-refractivity contribution in [1.29, 1.82) is 5.41 Å². The summed E-state index contributed by atoms with van der Waals surface area (Å²) < 4.78 is 1.78. The van der Waals surface area contributed by atoms with E-state index < -0.39 is 5.54 Å². The summed E-state index contributed by atoms with van der Waals surface area (Å²) in [5.41, 5.74) is 10.8. The van der Waals surface area contributed by atoms with Crippen molar-refractivity contribution in [2.75, 3.05) is 31.1 Å². The number of H-pyrrole nitrogens is 1. The molecule has 36 heavy (non-hydrogen) atoms. The summed E-state index contributed by atoms with van der Waals surface area (Å²) in [6, 6.07) is 12.0. The maximum absolute atomic E-state index is 7.58. The van der Waals surface area contributed by atoms with Gasteiger partial charge in [-0.05, 0) is 18.6 Å². The molecule has 4 aromatic rings. The van der Waals surface area contributed by atoms with Gasteiger partial charge in [0, 0.05) is 74.7 Å². The van der Waals surface area contributed by atoms with Crippen molar-refractivity contribution < 1.29 is 0 Å². The smallest absolute Gasteiger partial charge is 0.225 e. The number of rotatable bonds is 6. The highest BCUT2D eigenvalue weighted by Crippen LogP contribution is 2.26. The predicted octanol–water partition coefficient (Wildman–Crippen LogP) is 2.60. The lowest BCUT2D eigenvalue weighted by Crippen LogP contribution is -2.49. The minimum Gasteiger partial charge on any atom is -0.358 e. The van der Waals surface area contributed by atoms with Crippen LogP contribution in [0.5, 0.6) is 0 Å². The normalized spacial score (nSPS) is 16.1. The fourth-order valence-electron chi connectivity index (χ4n) is 4.47. The van der Waals surface area contributed by atoms with E-state index in [0.29, 0.717) is 5.95 Å². The van der Waals surface area contributed by atoms with E-state index in [2.05, 4.69) is 34.8 Å². The van der Waals surface area contributed by atoms with Gasteiger partial charge >= 0.3 is 0 Å². The van der Waals surface area contributed by atoms with Crippen LogP contribution in [0.1, 0.15) is 23.7 Å². The van der Waals surface area contributed by atoms with Gasteiger partial charge in [-0.3, -0.25) is 10.1 Å². The second-order valence-electron chi connectivity index (χ2n) is 9.10. The van der Waals surface area contributed by atoms with Crippen molar-refractivity contribution in [2.24, 2.45) is 17.8 Å². The van der Waals surface area contributed by atoms with Crippen LogP contribution in [0.4, 0.5) is 5.95 Å². The second kappa shape index (κ2) is 9.74. The molecule has 0 radical (unpaired) electrons. The SMILES string of the molecule is Cn1cc(-c2c[nH]c(/C(=N\C=N)N3CCN(c4ncc([C@](C)(N)c5ccccc5)cn4)CC3)c2)cn1. The Hall–Kier alpha value is -4.31. The Bertz CT molecular complexity index is 1340. The lowest BCUT2D eigenvalue weighted by Gasteiger charge is -2.36. The Morgan fingerprint density at radius 1 is 1.06 bits per heavy atom. The van der Waals surface area contributed by atoms with Crippen molar-refractivity contribution in [3.63, 3.8) is 0 Å². The summed E-state index contributed by atoms with van der Waals surface area (Å²) in [6.07, 6.45) is 10.5. The quantitative estimate of drug-likeness (QED) is 0.286. The molecule has 4 N–H and O–H groups in total. The van der Waals surface area contributed by atoms with Crippen molar-refractivity contribution in [2.45, 2.75) is 12.5 Å². The number of aryl methyl sites for hydroxylation is 1. The number of aromatic amines is 1. The summed E-state index contributed by atoms with van der Waals surface area (Å²) >= 11 is 0. The molecule has 184 valence electrons. The molecule has 1 fully saturated rings. The van der Waals surface area contributed by atoms with Gasteiger partial charge in [0.15, 0.2) is 5.84 Å². The zero-order valence-corrected chi connectivity index (χ0v) is 20.5. The Kier molecular flexibility index (Phi) is 6.34. The van der Waals surface area contributed by atoms with Crippen LogP contribution < -0.4 is 10.6 Å². The van der Waals surface area contributed by atoms with Gasteiger partial charge in [-0.25, -0.2) is 15.0 Å². The molecule has 0 unspecified atom stereocenters. The number of amidine groups is 1. The number of anilines is 1. The molecule has 4 heterocycles. The van der Waals surface area contributed by atoms with Gasteiger partial charge in [0.25, 0.3) is 0 Å². The minimum atomic E-state index is -0.665. The van der Waals surface area contributed by atoms with Crippen LogP contribution in [-0.4, -0.2) is 68.0 Å². The van der Waals surface area contributed by atoms with Crippen LogP contribution in [0.25, 0.3) is 11.1 Å². The van der Waals surface area contributed by atoms with E-state index in [1.54, 1.807) is 4.68 Å². The summed E-state index contributed by atoms with van der Waals surface area (Å²) in [6.45, 7) is 4.93. The van der Waals surface area contributed by atoms with Crippen molar-refractivity contribution in [3.05, 3.63) is 84.2 Å². The lowest BCUT2D eigenvalue weighted by atomic mass is 9.87. The van der Waals surface area contributed by atoms with Gasteiger partial charge in [-0.1, -0.05) is 30.3 Å². The van der Waals surface area contributed by atoms with Crippen molar-refractivity contribution in [3.8, 4) is 11.1 Å². The lowest BCUT2D eigenvalue weighted by molar-refractivity contribution is 0.383. The molecule has 1 aliphatic heterocycles. The number of benzene rings is 1. The highest BCUT2D eigenvalue weighted by atomic mass is 15.3. The maximum atomic E-state index is 7.58. The zero-order valence-electron chi connectivity index (χ0n) is 20.5. The van der Waals surface area contributed by atoms with Crippen LogP contribution in [0.15, 0.2) is 72.4 Å². The minimum absolute atomic E-state index is 0.665. The van der Waals surface area contributed by atoms with Crippen LogP contribution in [-0.2, 0) is 12.6 Å². The topological polar surface area (TPSA) is 128 Å². The van der Waals surface area contributed by atoms with E-state index in [1.807, 2.05) is 81.4 Å². The highest BCUT2D eigenvalue weighted by molar-refractivity contribution is 6.01. The average Bonchev–Trinajstić information content (AvgIpc) is 3.57. The number of nitrogens with one attached hydrogen (secondary N) is 2. The molecule has 0 spiro atoms. The van der Waals surface area contributed by atoms with E-state index in [9.17, 15) is 0 Å². The number of aliphatic imine (C=N–C) groups is 1. The van der Waals surface area contributed by atoms with E-state index in [1.165, 1.54) is 0 Å². The third kappa shape index (κ3) is 4.63. The zero-order chi connectivity index (χ0) is 25.1. The molecule has 1 aliphatic rings. The van der Waals surface area contributed by atoms with Gasteiger partial charge in [-0.2, -0.15) is 5.10 Å². The molecule has 1 aromatic carbocycles. The van der Waals surface area contributed by atoms with Crippen LogP contribution in [0.2, 0.25) is 0 Å². The fourth-order valence-corrected chi connectivity index (χ4v) is 4.47. The largest absolute Gasteiger partial charge is 0.358 e. The maximum Gasteiger partial charge on any atom is 0.225 e. The summed E-state index contributed by atoms with van der Waals surface area (Å²) in [5.74, 6) is 1.43. The Balaban J connectivity index is 1.26. The second-order valence-corrected chi connectivity index (χ2v) is 9.10. The first-order valence-electron chi connectivity index (χ1n) is 11.9. The van der Waals surface area contributed by atoms with E-state index in [0.717, 1.165) is 66.3 Å². The third-order valence-electron chi connectivity index (χ3n) is 6.62. The molecule has 10 nitrogen and oxygen atoms in total. The first-order chi connectivity index (χ1) is 17.5. The molecule has 0 amide bonds. The molecule has 0 bridgehead atoms. The Morgan fingerprint density at radius 2 is 1.78 bits per heavy atom. The number of hydrogen-bond acceptors (Lipinski definition) is 6. The van der Waals surface area contributed by atoms with Gasteiger partial charge in [0.1, 0.15) is 6.34 Å². The average molecular weight is 483 g/mol. The molecule has 5 rings (SSSR count). The fraction of sp³-hybridized carbons (Fsp3) is 0.269. The van der Waals surface area contributed by atoms with Crippen molar-refractivity contribution in [1.82, 2.24) is 29.6 Å². The molecular weight excluding hydrogens is 452 g/mol. The summed E-state index contributed by atoms with van der Waals surface area (Å²) in [7, 11) is 1.90. The first-order valence-corrected chi connectivity index (χ1v) is 11.9. The highest BCUT2D eigenvalue weighted by Gasteiger charge is 2.26. The van der Waals surface area contributed by atoms with E-state index in [-0.39, 0.29) is 0 Å². The number of piperazine rings is 1. The van der Waals surface area contributed by atoms with Gasteiger partial charge in [0.2, 0.25) is 5.95 Å². The molecule has 1 saturated heterocycles. The van der Waals surface area contributed by atoms with Crippen molar-refractivity contribution >= 4 is 18.1 Å². The third-order valence-corrected chi connectivity index (χ3v) is 6.62. The van der Waals surface area contributed by atoms with E-state index >= 15 is 0 Å². The summed E-state index contributed by atoms with van der Waals surface area (Å²) in [4.78, 5) is 21.3. The number of nitrogens with two attached hydrogens (primary N) is 1. The molecule has 10 heteroatoms. The van der Waals surface area contributed by atoms with Crippen LogP contribution in [0, 0.1) is 5.41 Å². The Morgan fingerprint density at radius 3 is 2.42 bits per heavy atom. The molecular formula is C26H30N10. The van der Waals surface area contributed by atoms with Crippen LogP contribution >= 0.6 is 0 Å². The van der Waals surface area contributed by atoms with E-state index in [4.69, 9.17) is 11.1 Å². The standard InChI is InChI=1S/C26H30N10/c1-26(28,21-6-4-3-5-7-21)22-15-30-25(31-16-22)36-10-8-35(9-11-36)24(32-18-27)23-12-19(13-29-23)20-14-33-34(2)17-20/h3-7,12-18,27,29H,8-11,28H2,1-2H3/b27-18?,32-24+/t26-/m1/s1. The Labute approximate surface area is 210 Å². The molecule has 3 aromatic heterocycles. The van der Waals surface area contributed by atoms with Gasteiger partial charge < -0.3 is 20.5 Å². The van der Waals surface area contributed by atoms with Gasteiger partial charge in [-0.15, -0.1) is 0 Å². The molecule has 0 aliphatic carbocycles. The summed E-state index contributed by atoms with van der Waals surface area (Å²) in [5, 5.41) is 11.8. The number of hydrogen-bond donors (Lipinski definition) is 3. The molecule has 0 saturated carbocycles. The van der Waals surface area contributed by atoms with Gasteiger partial charge in [0.05, 0.1) is 17.4 Å². The number of nitrogens with zero attached hydrogens (tertiary/aromatic N) is 7.